The maximum atomic E-state index is 14.9. The van der Waals surface area contributed by atoms with Gasteiger partial charge in [0.15, 0.2) is 0 Å². The molecule has 44 heavy (non-hydrogen) atoms. The second-order valence-corrected chi connectivity index (χ2v) is 12.6. The van der Waals surface area contributed by atoms with Gasteiger partial charge in [0.25, 0.3) is 5.91 Å². The van der Waals surface area contributed by atoms with Crippen molar-refractivity contribution in [2.24, 2.45) is 11.8 Å². The number of fused-ring (bicyclic) bond motifs is 1. The van der Waals surface area contributed by atoms with Gasteiger partial charge in [0.05, 0.1) is 30.1 Å². The summed E-state index contributed by atoms with van der Waals surface area (Å²) in [5.41, 5.74) is 1.53. The van der Waals surface area contributed by atoms with Crippen LogP contribution in [0.1, 0.15) is 49.8 Å². The number of hydrogen-bond donors (Lipinski definition) is 1. The molecule has 3 saturated heterocycles. The Hall–Kier alpha value is -3.75. The van der Waals surface area contributed by atoms with E-state index >= 15 is 0 Å². The van der Waals surface area contributed by atoms with Crippen LogP contribution < -0.4 is 4.90 Å². The lowest BCUT2D eigenvalue weighted by molar-refractivity contribution is -0.153. The number of amides is 3. The number of carbonyl (C=O) groups is 3. The van der Waals surface area contributed by atoms with Gasteiger partial charge in [-0.1, -0.05) is 67.6 Å². The lowest BCUT2D eigenvalue weighted by Gasteiger charge is -2.39. The van der Waals surface area contributed by atoms with Gasteiger partial charge >= 0.3 is 0 Å². The van der Waals surface area contributed by atoms with E-state index in [4.69, 9.17) is 4.74 Å². The molecule has 2 unspecified atom stereocenters. The topological polar surface area (TPSA) is 90.4 Å². The number of aliphatic hydroxyl groups excluding tert-OH is 1. The molecule has 2 aromatic rings. The molecule has 1 N–H and O–H groups in total. The van der Waals surface area contributed by atoms with Crippen LogP contribution in [0.25, 0.3) is 0 Å². The van der Waals surface area contributed by atoms with Gasteiger partial charge in [0, 0.05) is 25.3 Å². The molecular weight excluding hydrogens is 554 g/mol. The summed E-state index contributed by atoms with van der Waals surface area (Å²) >= 11 is 0. The average molecular weight is 600 g/mol. The third-order valence-corrected chi connectivity index (χ3v) is 10.0. The Morgan fingerprint density at radius 1 is 1.05 bits per heavy atom. The van der Waals surface area contributed by atoms with Crippen LogP contribution in [0, 0.1) is 25.7 Å². The fourth-order valence-corrected chi connectivity index (χ4v) is 8.06. The molecule has 234 valence electrons. The zero-order chi connectivity index (χ0) is 31.8. The van der Waals surface area contributed by atoms with Gasteiger partial charge in [0.2, 0.25) is 11.8 Å². The largest absolute Gasteiger partial charge is 0.394 e. The Balaban J connectivity index is 1.62. The van der Waals surface area contributed by atoms with Crippen molar-refractivity contribution >= 4 is 23.4 Å². The van der Waals surface area contributed by atoms with Crippen LogP contribution in [0.15, 0.2) is 73.8 Å². The van der Waals surface area contributed by atoms with Crippen LogP contribution in [-0.2, 0) is 25.7 Å². The minimum atomic E-state index is -1.20. The SMILES string of the molecule is C=CCN(Cc1ccccc1)C(=O)[C@@H]1[C@H]2C(=O)N([C@H](C)CO)C(C(=O)N(CC=C)c3c(C)cccc3C)C23CC[C@@]1(CC)O3. The quantitative estimate of drug-likeness (QED) is 0.361. The predicted molar refractivity (Wildman–Crippen MR) is 171 cm³/mol. The van der Waals surface area contributed by atoms with Crippen LogP contribution >= 0.6 is 0 Å². The van der Waals surface area contributed by atoms with Gasteiger partial charge in [0.1, 0.15) is 11.6 Å². The first-order chi connectivity index (χ1) is 21.1. The van der Waals surface area contributed by atoms with Crippen LogP contribution in [0.3, 0.4) is 0 Å². The average Bonchev–Trinajstić information content (AvgIpc) is 3.63. The summed E-state index contributed by atoms with van der Waals surface area (Å²) in [4.78, 5) is 49.1. The van der Waals surface area contributed by atoms with E-state index in [-0.39, 0.29) is 30.9 Å². The van der Waals surface area contributed by atoms with Crippen molar-refractivity contribution in [2.45, 2.75) is 76.8 Å². The van der Waals surface area contributed by atoms with E-state index in [9.17, 15) is 19.5 Å². The lowest BCUT2D eigenvalue weighted by atomic mass is 9.64. The molecule has 0 aromatic heterocycles. The van der Waals surface area contributed by atoms with E-state index in [2.05, 4.69) is 13.2 Å². The van der Waals surface area contributed by atoms with Crippen molar-refractivity contribution in [1.29, 1.82) is 0 Å². The van der Waals surface area contributed by atoms with Crippen molar-refractivity contribution < 1.29 is 24.2 Å². The first kappa shape index (κ1) is 31.7. The molecule has 2 aromatic carbocycles. The van der Waals surface area contributed by atoms with Crippen LogP contribution in [0.5, 0.6) is 0 Å². The highest BCUT2D eigenvalue weighted by Crippen LogP contribution is 2.65. The first-order valence-electron chi connectivity index (χ1n) is 15.7. The summed E-state index contributed by atoms with van der Waals surface area (Å²) in [5.74, 6) is -2.38. The highest BCUT2D eigenvalue weighted by atomic mass is 16.5. The minimum absolute atomic E-state index is 0.169. The maximum Gasteiger partial charge on any atom is 0.253 e. The fraction of sp³-hybridized carbons (Fsp3) is 0.472. The molecular formula is C36H45N3O5. The van der Waals surface area contributed by atoms with Gasteiger partial charge in [-0.05, 0) is 56.7 Å². The smallest absolute Gasteiger partial charge is 0.253 e. The molecule has 3 aliphatic heterocycles. The van der Waals surface area contributed by atoms with E-state index in [0.29, 0.717) is 32.4 Å². The van der Waals surface area contributed by atoms with Crippen LogP contribution in [0.4, 0.5) is 5.69 Å². The number of ether oxygens (including phenoxy) is 1. The molecule has 2 bridgehead atoms. The Morgan fingerprint density at radius 3 is 2.30 bits per heavy atom. The summed E-state index contributed by atoms with van der Waals surface area (Å²) in [6.45, 7) is 16.1. The van der Waals surface area contributed by atoms with Crippen molar-refractivity contribution in [1.82, 2.24) is 9.80 Å². The summed E-state index contributed by atoms with van der Waals surface area (Å²) in [7, 11) is 0. The molecule has 0 aliphatic carbocycles. The highest BCUT2D eigenvalue weighted by molar-refractivity contribution is 6.06. The highest BCUT2D eigenvalue weighted by Gasteiger charge is 2.79. The van der Waals surface area contributed by atoms with Crippen molar-refractivity contribution in [3.8, 4) is 0 Å². The van der Waals surface area contributed by atoms with Crippen molar-refractivity contribution in [3.05, 3.63) is 90.5 Å². The lowest BCUT2D eigenvalue weighted by Crippen LogP contribution is -2.58. The number of aliphatic hydroxyl groups is 1. The number of benzene rings is 2. The molecule has 6 atom stereocenters. The summed E-state index contributed by atoms with van der Waals surface area (Å²) in [6.07, 6.45) is 4.95. The molecule has 3 aliphatic rings. The first-order valence-corrected chi connectivity index (χ1v) is 15.7. The van der Waals surface area contributed by atoms with E-state index in [1.54, 1.807) is 28.9 Å². The summed E-state index contributed by atoms with van der Waals surface area (Å²) in [6, 6.07) is 14.0. The monoisotopic (exact) mass is 599 g/mol. The predicted octanol–water partition coefficient (Wildman–Crippen LogP) is 4.57. The van der Waals surface area contributed by atoms with Crippen LogP contribution in [-0.4, -0.2) is 75.6 Å². The molecule has 3 heterocycles. The van der Waals surface area contributed by atoms with Gasteiger partial charge < -0.3 is 24.5 Å². The van der Waals surface area contributed by atoms with E-state index < -0.39 is 35.1 Å². The van der Waals surface area contributed by atoms with Crippen LogP contribution in [0.2, 0.25) is 0 Å². The zero-order valence-corrected chi connectivity index (χ0v) is 26.4. The molecule has 3 amide bonds. The number of para-hydroxylation sites is 1. The normalized spacial score (nSPS) is 27.6. The molecule has 8 heteroatoms. The molecule has 8 nitrogen and oxygen atoms in total. The van der Waals surface area contributed by atoms with Gasteiger partial charge in [-0.3, -0.25) is 14.4 Å². The summed E-state index contributed by atoms with van der Waals surface area (Å²) in [5, 5.41) is 10.3. The molecule has 5 rings (SSSR count). The number of hydrogen-bond acceptors (Lipinski definition) is 5. The van der Waals surface area contributed by atoms with E-state index in [0.717, 1.165) is 22.4 Å². The number of aryl methyl sites for hydroxylation is 2. The molecule has 3 fully saturated rings. The zero-order valence-electron chi connectivity index (χ0n) is 26.4. The third-order valence-electron chi connectivity index (χ3n) is 10.0. The fourth-order valence-electron chi connectivity index (χ4n) is 8.06. The van der Waals surface area contributed by atoms with E-state index in [1.165, 1.54) is 4.90 Å². The minimum Gasteiger partial charge on any atom is -0.394 e. The van der Waals surface area contributed by atoms with Gasteiger partial charge in [-0.15, -0.1) is 13.2 Å². The Kier molecular flexibility index (Phi) is 8.87. The summed E-state index contributed by atoms with van der Waals surface area (Å²) < 4.78 is 7.00. The van der Waals surface area contributed by atoms with Gasteiger partial charge in [-0.2, -0.15) is 0 Å². The Bertz CT molecular complexity index is 1420. The Labute approximate surface area is 261 Å². The number of nitrogens with zero attached hydrogens (tertiary/aromatic N) is 3. The number of carbonyl (C=O) groups excluding carboxylic acids is 3. The number of anilines is 1. The maximum absolute atomic E-state index is 14.9. The van der Waals surface area contributed by atoms with E-state index in [1.807, 2.05) is 69.3 Å². The standard InChI is InChI=1S/C36H45N3O5/c1-7-20-37(22-27-16-11-10-12-17-27)32(41)28-29-33(42)39(26(6)23-40)31(36(29)19-18-35(28,9-3)44-36)34(43)38(21-8-2)30-24(4)14-13-15-25(30)5/h7-8,10-17,26,28-29,31,40H,1-2,9,18-23H2,3-6H3/t26-,28+,29+,31?,35-,36?/m1/s1. The molecule has 0 radical (unpaired) electrons. The second-order valence-electron chi connectivity index (χ2n) is 12.6. The number of likely N-dealkylation sites (tertiary alicyclic amines) is 1. The van der Waals surface area contributed by atoms with Crippen molar-refractivity contribution in [3.63, 3.8) is 0 Å². The third kappa shape index (κ3) is 4.88. The van der Waals surface area contributed by atoms with Gasteiger partial charge in [-0.25, -0.2) is 0 Å². The Morgan fingerprint density at radius 2 is 1.70 bits per heavy atom. The molecule has 1 spiro atoms. The molecule has 0 saturated carbocycles. The second kappa shape index (κ2) is 12.3. The number of rotatable bonds is 12. The van der Waals surface area contributed by atoms with Crippen molar-refractivity contribution in [2.75, 3.05) is 24.6 Å².